The van der Waals surface area contributed by atoms with E-state index in [4.69, 9.17) is 0 Å². The molecule has 0 amide bonds. The minimum Gasteiger partial charge on any atom is -0.286 e. The van der Waals surface area contributed by atoms with Crippen LogP contribution >= 0.6 is 0 Å². The fourth-order valence-electron chi connectivity index (χ4n) is 2.57. The molecule has 0 bridgehead atoms. The summed E-state index contributed by atoms with van der Waals surface area (Å²) >= 11 is 0. The number of rotatable bonds is 5. The monoisotopic (exact) mass is 222 g/mol. The van der Waals surface area contributed by atoms with Gasteiger partial charge in [-0.3, -0.25) is 4.90 Å². The molecule has 16 heavy (non-hydrogen) atoms. The van der Waals surface area contributed by atoms with Crippen LogP contribution in [0.5, 0.6) is 0 Å². The molecule has 1 saturated heterocycles. The largest absolute Gasteiger partial charge is 0.286 e. The van der Waals surface area contributed by atoms with Gasteiger partial charge in [-0.05, 0) is 39.3 Å². The summed E-state index contributed by atoms with van der Waals surface area (Å²) in [5.74, 6) is 0. The Morgan fingerprint density at radius 1 is 1.12 bits per heavy atom. The van der Waals surface area contributed by atoms with Crippen molar-refractivity contribution >= 4 is 0 Å². The Morgan fingerprint density at radius 2 is 1.75 bits per heavy atom. The van der Waals surface area contributed by atoms with Crippen LogP contribution in [0.25, 0.3) is 0 Å². The van der Waals surface area contributed by atoms with Crippen molar-refractivity contribution in [2.75, 3.05) is 13.1 Å². The van der Waals surface area contributed by atoms with Crippen LogP contribution in [0.4, 0.5) is 0 Å². The fourth-order valence-corrected chi connectivity index (χ4v) is 2.57. The number of hydrogen-bond donors (Lipinski definition) is 0. The third-order valence-electron chi connectivity index (χ3n) is 3.81. The van der Waals surface area contributed by atoms with Gasteiger partial charge in [-0.15, -0.1) is 0 Å². The van der Waals surface area contributed by atoms with Crippen molar-refractivity contribution in [3.05, 3.63) is 0 Å². The molecule has 0 spiro atoms. The van der Waals surface area contributed by atoms with Crippen molar-refractivity contribution in [3.8, 4) is 6.07 Å². The summed E-state index contributed by atoms with van der Waals surface area (Å²) < 4.78 is 0. The molecular formula is C14H26N2. The van der Waals surface area contributed by atoms with Gasteiger partial charge >= 0.3 is 0 Å². The highest BCUT2D eigenvalue weighted by atomic mass is 15.2. The maximum Gasteiger partial charge on any atom is 0.106 e. The van der Waals surface area contributed by atoms with Gasteiger partial charge in [-0.2, -0.15) is 5.26 Å². The number of hydrogen-bond acceptors (Lipinski definition) is 2. The van der Waals surface area contributed by atoms with Crippen molar-refractivity contribution < 1.29 is 0 Å². The Morgan fingerprint density at radius 3 is 2.25 bits per heavy atom. The lowest BCUT2D eigenvalue weighted by Crippen LogP contribution is -2.45. The molecule has 92 valence electrons. The molecule has 1 unspecified atom stereocenters. The number of likely N-dealkylation sites (tertiary alicyclic amines) is 1. The second-order valence-corrected chi connectivity index (χ2v) is 5.24. The molecule has 1 heterocycles. The minimum absolute atomic E-state index is 0.209. The summed E-state index contributed by atoms with van der Waals surface area (Å²) in [6.45, 7) is 6.59. The molecule has 0 N–H and O–H groups in total. The smallest absolute Gasteiger partial charge is 0.106 e. The molecular weight excluding hydrogens is 196 g/mol. The van der Waals surface area contributed by atoms with Gasteiger partial charge in [0.15, 0.2) is 0 Å². The van der Waals surface area contributed by atoms with E-state index in [-0.39, 0.29) is 5.54 Å². The molecule has 0 saturated carbocycles. The van der Waals surface area contributed by atoms with Gasteiger partial charge in [0.2, 0.25) is 0 Å². The second-order valence-electron chi connectivity index (χ2n) is 5.24. The molecule has 0 radical (unpaired) electrons. The van der Waals surface area contributed by atoms with Gasteiger partial charge in [-0.1, -0.05) is 39.0 Å². The maximum absolute atomic E-state index is 9.44. The van der Waals surface area contributed by atoms with Crippen molar-refractivity contribution in [1.82, 2.24) is 4.90 Å². The third kappa shape index (κ3) is 3.79. The van der Waals surface area contributed by atoms with Crippen LogP contribution in [0.1, 0.15) is 65.2 Å². The van der Waals surface area contributed by atoms with E-state index in [9.17, 15) is 5.26 Å². The first-order valence-electron chi connectivity index (χ1n) is 6.89. The molecule has 1 rings (SSSR count). The number of unbranched alkanes of at least 4 members (excludes halogenated alkanes) is 2. The van der Waals surface area contributed by atoms with Crippen molar-refractivity contribution in [2.24, 2.45) is 0 Å². The summed E-state index contributed by atoms with van der Waals surface area (Å²) in [6.07, 6.45) is 9.94. The first kappa shape index (κ1) is 13.5. The zero-order valence-electron chi connectivity index (χ0n) is 11.0. The van der Waals surface area contributed by atoms with Crippen LogP contribution in [0, 0.1) is 11.3 Å². The van der Waals surface area contributed by atoms with E-state index in [2.05, 4.69) is 24.8 Å². The van der Waals surface area contributed by atoms with E-state index in [0.29, 0.717) is 0 Å². The minimum atomic E-state index is -0.209. The Kier molecular flexibility index (Phi) is 5.84. The lowest BCUT2D eigenvalue weighted by molar-refractivity contribution is 0.145. The van der Waals surface area contributed by atoms with Gasteiger partial charge in [0, 0.05) is 0 Å². The van der Waals surface area contributed by atoms with E-state index >= 15 is 0 Å². The van der Waals surface area contributed by atoms with Gasteiger partial charge < -0.3 is 0 Å². The van der Waals surface area contributed by atoms with Crippen LogP contribution in [0.15, 0.2) is 0 Å². The van der Waals surface area contributed by atoms with Crippen LogP contribution in [0.3, 0.4) is 0 Å². The fraction of sp³-hybridized carbons (Fsp3) is 0.929. The lowest BCUT2D eigenvalue weighted by atomic mass is 9.93. The highest BCUT2D eigenvalue weighted by Gasteiger charge is 2.31. The molecule has 2 nitrogen and oxygen atoms in total. The van der Waals surface area contributed by atoms with Crippen molar-refractivity contribution in [1.29, 1.82) is 5.26 Å². The zero-order valence-corrected chi connectivity index (χ0v) is 11.0. The van der Waals surface area contributed by atoms with Gasteiger partial charge in [0.1, 0.15) is 5.54 Å². The van der Waals surface area contributed by atoms with E-state index in [0.717, 1.165) is 19.5 Å². The topological polar surface area (TPSA) is 27.0 Å². The predicted octanol–water partition coefficient (Wildman–Crippen LogP) is 3.72. The molecule has 2 heteroatoms. The molecule has 1 aliphatic rings. The quantitative estimate of drug-likeness (QED) is 0.663. The van der Waals surface area contributed by atoms with E-state index < -0.39 is 0 Å². The highest BCUT2D eigenvalue weighted by molar-refractivity contribution is 5.05. The standard InChI is InChI=1S/C14H26N2/c1-3-4-7-10-14(2,13-15)16-11-8-5-6-9-12-16/h3-12H2,1-2H3. The van der Waals surface area contributed by atoms with Crippen LogP contribution in [0.2, 0.25) is 0 Å². The molecule has 0 aromatic rings. The van der Waals surface area contributed by atoms with Crippen molar-refractivity contribution in [2.45, 2.75) is 70.8 Å². The zero-order chi connectivity index (χ0) is 11.9. The predicted molar refractivity (Wildman–Crippen MR) is 68.2 cm³/mol. The normalized spacial score (nSPS) is 22.1. The molecule has 0 aliphatic carbocycles. The lowest BCUT2D eigenvalue weighted by Gasteiger charge is -2.35. The van der Waals surface area contributed by atoms with Crippen LogP contribution < -0.4 is 0 Å². The van der Waals surface area contributed by atoms with E-state index in [1.807, 2.05) is 0 Å². The molecule has 0 aromatic carbocycles. The van der Waals surface area contributed by atoms with E-state index in [1.54, 1.807) is 0 Å². The molecule has 1 aliphatic heterocycles. The van der Waals surface area contributed by atoms with Gasteiger partial charge in [0.25, 0.3) is 0 Å². The average Bonchev–Trinajstić information content (AvgIpc) is 2.58. The third-order valence-corrected chi connectivity index (χ3v) is 3.81. The summed E-state index contributed by atoms with van der Waals surface area (Å²) in [7, 11) is 0. The first-order chi connectivity index (χ1) is 7.73. The summed E-state index contributed by atoms with van der Waals surface area (Å²) in [5.41, 5.74) is -0.209. The highest BCUT2D eigenvalue weighted by Crippen LogP contribution is 2.25. The summed E-state index contributed by atoms with van der Waals surface area (Å²) in [6, 6.07) is 2.56. The average molecular weight is 222 g/mol. The Labute approximate surface area is 101 Å². The second kappa shape index (κ2) is 6.91. The van der Waals surface area contributed by atoms with Crippen molar-refractivity contribution in [3.63, 3.8) is 0 Å². The van der Waals surface area contributed by atoms with Gasteiger partial charge in [-0.25, -0.2) is 0 Å². The Balaban J connectivity index is 2.51. The SMILES string of the molecule is CCCCCC(C)(C#N)N1CCCCCC1. The molecule has 1 atom stereocenters. The Hall–Kier alpha value is -0.550. The summed E-state index contributed by atoms with van der Waals surface area (Å²) in [5, 5.41) is 9.44. The summed E-state index contributed by atoms with van der Waals surface area (Å²) in [4.78, 5) is 2.43. The molecule has 1 fully saturated rings. The van der Waals surface area contributed by atoms with E-state index in [1.165, 1.54) is 44.9 Å². The maximum atomic E-state index is 9.44. The molecule has 0 aromatic heterocycles. The Bertz CT molecular complexity index is 223. The van der Waals surface area contributed by atoms with Crippen LogP contribution in [-0.2, 0) is 0 Å². The number of nitrogens with zero attached hydrogens (tertiary/aromatic N) is 2. The first-order valence-corrected chi connectivity index (χ1v) is 6.89. The van der Waals surface area contributed by atoms with Crippen LogP contribution in [-0.4, -0.2) is 23.5 Å². The number of nitriles is 1. The van der Waals surface area contributed by atoms with Gasteiger partial charge in [0.05, 0.1) is 6.07 Å².